The molecule has 1 heterocycles. The molecule has 1 aromatic carbocycles. The lowest BCUT2D eigenvalue weighted by Gasteiger charge is -2.34. The number of hydrogen-bond acceptors (Lipinski definition) is 2. The topological polar surface area (TPSA) is 56.7 Å². The van der Waals surface area contributed by atoms with E-state index in [1.165, 1.54) is 12.0 Å². The van der Waals surface area contributed by atoms with E-state index in [-0.39, 0.29) is 11.8 Å². The van der Waals surface area contributed by atoms with Crippen LogP contribution in [0.3, 0.4) is 0 Å². The standard InChI is InChI=1S/C21H32N4O/c1-15(2)20(26)25-11-9-18(10-12-25)24-21(22-3)23-14-17-13-19(17)16-7-5-4-6-8-16/h4-8,15,17-19H,9-14H2,1-3H3,(H2,22,23,24). The molecular weight excluding hydrogens is 324 g/mol. The molecule has 1 aliphatic heterocycles. The molecule has 5 nitrogen and oxygen atoms in total. The van der Waals surface area contributed by atoms with E-state index in [0.717, 1.165) is 38.4 Å². The lowest BCUT2D eigenvalue weighted by Crippen LogP contribution is -2.50. The summed E-state index contributed by atoms with van der Waals surface area (Å²) in [5.74, 6) is 2.63. The molecule has 1 aromatic rings. The number of benzene rings is 1. The maximum Gasteiger partial charge on any atom is 0.225 e. The van der Waals surface area contributed by atoms with E-state index in [1.54, 1.807) is 0 Å². The second-order valence-corrected chi connectivity index (χ2v) is 7.86. The van der Waals surface area contributed by atoms with Crippen molar-refractivity contribution in [3.8, 4) is 0 Å². The molecule has 2 aliphatic rings. The first kappa shape index (κ1) is 18.7. The zero-order chi connectivity index (χ0) is 18.5. The SMILES string of the molecule is CN=C(NCC1CC1c1ccccc1)NC1CCN(C(=O)C(C)C)CC1. The van der Waals surface area contributed by atoms with Gasteiger partial charge in [-0.1, -0.05) is 44.2 Å². The summed E-state index contributed by atoms with van der Waals surface area (Å²) in [4.78, 5) is 18.5. The Hall–Kier alpha value is -2.04. The minimum absolute atomic E-state index is 0.0880. The summed E-state index contributed by atoms with van der Waals surface area (Å²) in [6.45, 7) is 6.58. The number of carbonyl (C=O) groups excluding carboxylic acids is 1. The van der Waals surface area contributed by atoms with Gasteiger partial charge in [0.2, 0.25) is 5.91 Å². The number of piperidine rings is 1. The highest BCUT2D eigenvalue weighted by Gasteiger charge is 2.38. The Bertz CT molecular complexity index is 620. The van der Waals surface area contributed by atoms with Crippen molar-refractivity contribution in [3.05, 3.63) is 35.9 Å². The molecule has 2 atom stereocenters. The van der Waals surface area contributed by atoms with Gasteiger partial charge in [0.15, 0.2) is 5.96 Å². The summed E-state index contributed by atoms with van der Waals surface area (Å²) in [6, 6.07) is 11.2. The first-order valence-corrected chi connectivity index (χ1v) is 9.89. The molecule has 5 heteroatoms. The maximum atomic E-state index is 12.1. The van der Waals surface area contributed by atoms with Gasteiger partial charge in [-0.25, -0.2) is 0 Å². The Morgan fingerprint density at radius 1 is 1.23 bits per heavy atom. The van der Waals surface area contributed by atoms with Gasteiger partial charge >= 0.3 is 0 Å². The van der Waals surface area contributed by atoms with Gasteiger partial charge in [-0.15, -0.1) is 0 Å². The number of nitrogens with one attached hydrogen (secondary N) is 2. The summed E-state index contributed by atoms with van der Waals surface area (Å²) in [6.07, 6.45) is 3.22. The van der Waals surface area contributed by atoms with Crippen LogP contribution in [-0.2, 0) is 4.79 Å². The van der Waals surface area contributed by atoms with Crippen molar-refractivity contribution < 1.29 is 4.79 Å². The van der Waals surface area contributed by atoms with Crippen LogP contribution in [0, 0.1) is 11.8 Å². The van der Waals surface area contributed by atoms with Crippen molar-refractivity contribution in [1.29, 1.82) is 0 Å². The largest absolute Gasteiger partial charge is 0.356 e. The molecule has 2 unspecified atom stereocenters. The summed E-state index contributed by atoms with van der Waals surface area (Å²) >= 11 is 0. The first-order chi connectivity index (χ1) is 12.6. The second kappa shape index (κ2) is 8.56. The second-order valence-electron chi connectivity index (χ2n) is 7.86. The summed E-state index contributed by atoms with van der Waals surface area (Å²) < 4.78 is 0. The molecule has 0 spiro atoms. The lowest BCUT2D eigenvalue weighted by molar-refractivity contribution is -0.135. The smallest absolute Gasteiger partial charge is 0.225 e. The summed E-state index contributed by atoms with van der Waals surface area (Å²) in [5, 5.41) is 7.02. The molecule has 1 saturated heterocycles. The molecule has 1 amide bonds. The average Bonchev–Trinajstić information content (AvgIpc) is 3.45. The summed E-state index contributed by atoms with van der Waals surface area (Å²) in [5.41, 5.74) is 1.45. The summed E-state index contributed by atoms with van der Waals surface area (Å²) in [7, 11) is 1.83. The van der Waals surface area contributed by atoms with E-state index in [0.29, 0.717) is 17.9 Å². The van der Waals surface area contributed by atoms with Gasteiger partial charge in [0, 0.05) is 38.6 Å². The van der Waals surface area contributed by atoms with E-state index in [2.05, 4.69) is 46.0 Å². The fourth-order valence-electron chi connectivity index (χ4n) is 3.81. The zero-order valence-electron chi connectivity index (χ0n) is 16.2. The van der Waals surface area contributed by atoms with Gasteiger partial charge in [0.25, 0.3) is 0 Å². The maximum absolute atomic E-state index is 12.1. The third-order valence-corrected chi connectivity index (χ3v) is 5.55. The van der Waals surface area contributed by atoms with Gasteiger partial charge in [0.1, 0.15) is 0 Å². The van der Waals surface area contributed by atoms with E-state index >= 15 is 0 Å². The molecular formula is C21H32N4O. The van der Waals surface area contributed by atoms with Crippen molar-refractivity contribution in [2.24, 2.45) is 16.8 Å². The average molecular weight is 357 g/mol. The molecule has 2 N–H and O–H groups in total. The predicted octanol–water partition coefficient (Wildman–Crippen LogP) is 2.60. The van der Waals surface area contributed by atoms with Gasteiger partial charge in [-0.3, -0.25) is 9.79 Å². The molecule has 26 heavy (non-hydrogen) atoms. The van der Waals surface area contributed by atoms with E-state index < -0.39 is 0 Å². The quantitative estimate of drug-likeness (QED) is 0.630. The van der Waals surface area contributed by atoms with Crippen LogP contribution in [-0.4, -0.2) is 49.5 Å². The van der Waals surface area contributed by atoms with E-state index in [9.17, 15) is 4.79 Å². The lowest BCUT2D eigenvalue weighted by atomic mass is 10.0. The van der Waals surface area contributed by atoms with Crippen molar-refractivity contribution in [2.45, 2.75) is 45.1 Å². The van der Waals surface area contributed by atoms with Crippen molar-refractivity contribution in [2.75, 3.05) is 26.7 Å². The van der Waals surface area contributed by atoms with Gasteiger partial charge in [-0.2, -0.15) is 0 Å². The molecule has 1 saturated carbocycles. The van der Waals surface area contributed by atoms with E-state index in [1.807, 2.05) is 25.8 Å². The fourth-order valence-corrected chi connectivity index (χ4v) is 3.81. The number of amides is 1. The minimum atomic E-state index is 0.0880. The Kier molecular flexibility index (Phi) is 6.17. The highest BCUT2D eigenvalue weighted by atomic mass is 16.2. The zero-order valence-corrected chi connectivity index (χ0v) is 16.2. The van der Waals surface area contributed by atoms with Crippen LogP contribution < -0.4 is 10.6 Å². The monoisotopic (exact) mass is 356 g/mol. The normalized spacial score (nSPS) is 23.8. The van der Waals surface area contributed by atoms with Crippen LogP contribution in [0.25, 0.3) is 0 Å². The highest BCUT2D eigenvalue weighted by molar-refractivity contribution is 5.80. The number of rotatable bonds is 5. The van der Waals surface area contributed by atoms with Crippen LogP contribution in [0.4, 0.5) is 0 Å². The number of likely N-dealkylation sites (tertiary alicyclic amines) is 1. The number of nitrogens with zero attached hydrogens (tertiary/aromatic N) is 2. The molecule has 2 fully saturated rings. The van der Waals surface area contributed by atoms with Crippen LogP contribution in [0.15, 0.2) is 35.3 Å². The fraction of sp³-hybridized carbons (Fsp3) is 0.619. The van der Waals surface area contributed by atoms with Crippen LogP contribution >= 0.6 is 0 Å². The Balaban J connectivity index is 1.39. The van der Waals surface area contributed by atoms with Crippen LogP contribution in [0.2, 0.25) is 0 Å². The van der Waals surface area contributed by atoms with Crippen molar-refractivity contribution in [1.82, 2.24) is 15.5 Å². The van der Waals surface area contributed by atoms with Gasteiger partial charge in [-0.05, 0) is 36.7 Å². The molecule has 1 aliphatic carbocycles. The Morgan fingerprint density at radius 2 is 1.92 bits per heavy atom. The predicted molar refractivity (Wildman–Crippen MR) is 106 cm³/mol. The number of carbonyl (C=O) groups is 1. The van der Waals surface area contributed by atoms with E-state index in [4.69, 9.17) is 0 Å². The van der Waals surface area contributed by atoms with Crippen molar-refractivity contribution in [3.63, 3.8) is 0 Å². The molecule has 0 bridgehead atoms. The molecule has 0 radical (unpaired) electrons. The van der Waals surface area contributed by atoms with Crippen LogP contribution in [0.1, 0.15) is 44.6 Å². The third kappa shape index (κ3) is 4.77. The Morgan fingerprint density at radius 3 is 2.54 bits per heavy atom. The van der Waals surface area contributed by atoms with Crippen LogP contribution in [0.5, 0.6) is 0 Å². The van der Waals surface area contributed by atoms with Gasteiger partial charge in [0.05, 0.1) is 0 Å². The minimum Gasteiger partial charge on any atom is -0.356 e. The number of guanidine groups is 1. The highest BCUT2D eigenvalue weighted by Crippen LogP contribution is 2.46. The van der Waals surface area contributed by atoms with Gasteiger partial charge < -0.3 is 15.5 Å². The third-order valence-electron chi connectivity index (χ3n) is 5.55. The number of hydrogen-bond donors (Lipinski definition) is 2. The molecule has 142 valence electrons. The molecule has 3 rings (SSSR count). The van der Waals surface area contributed by atoms with Crippen molar-refractivity contribution >= 4 is 11.9 Å². The first-order valence-electron chi connectivity index (χ1n) is 9.89. The molecule has 0 aromatic heterocycles. The Labute approximate surface area is 157 Å². The number of aliphatic imine (C=N–C) groups is 1.